The Labute approximate surface area is 92.1 Å². The molecule has 1 heterocycles. The van der Waals surface area contributed by atoms with Gasteiger partial charge in [0.15, 0.2) is 11.6 Å². The van der Waals surface area contributed by atoms with Crippen LogP contribution in [0.3, 0.4) is 0 Å². The first-order chi connectivity index (χ1) is 7.68. The first kappa shape index (κ1) is 11.1. The van der Waals surface area contributed by atoms with Crippen molar-refractivity contribution in [2.24, 2.45) is 0 Å². The van der Waals surface area contributed by atoms with Gasteiger partial charge in [0.1, 0.15) is 6.10 Å². The van der Waals surface area contributed by atoms with Crippen LogP contribution in [0.15, 0.2) is 12.1 Å². The molecule has 16 heavy (non-hydrogen) atoms. The molecule has 0 unspecified atom stereocenters. The third-order valence-corrected chi connectivity index (χ3v) is 2.53. The van der Waals surface area contributed by atoms with Crippen LogP contribution in [-0.4, -0.2) is 19.3 Å². The van der Waals surface area contributed by atoms with Gasteiger partial charge in [0.2, 0.25) is 5.82 Å². The molecule has 0 radical (unpaired) electrons. The molecule has 0 spiro atoms. The third-order valence-electron chi connectivity index (χ3n) is 2.53. The Bertz CT molecular complexity index is 378. The van der Waals surface area contributed by atoms with Gasteiger partial charge in [0.25, 0.3) is 0 Å². The number of rotatable bonds is 2. The molecule has 1 saturated heterocycles. The van der Waals surface area contributed by atoms with Crippen molar-refractivity contribution >= 4 is 5.69 Å². The van der Waals surface area contributed by atoms with Crippen molar-refractivity contribution in [3.05, 3.63) is 23.8 Å². The van der Waals surface area contributed by atoms with Gasteiger partial charge in [-0.2, -0.15) is 4.39 Å². The van der Waals surface area contributed by atoms with Gasteiger partial charge < -0.3 is 15.2 Å². The highest BCUT2D eigenvalue weighted by Gasteiger charge is 2.20. The zero-order valence-electron chi connectivity index (χ0n) is 8.71. The fraction of sp³-hybridized carbons (Fsp3) is 0.455. The number of halogens is 2. The summed E-state index contributed by atoms with van der Waals surface area (Å²) in [5.74, 6) is -2.16. The summed E-state index contributed by atoms with van der Waals surface area (Å²) in [4.78, 5) is 0. The second kappa shape index (κ2) is 4.65. The zero-order valence-corrected chi connectivity index (χ0v) is 8.71. The largest absolute Gasteiger partial charge is 0.485 e. The summed E-state index contributed by atoms with van der Waals surface area (Å²) in [6, 6.07) is 2.29. The molecule has 1 aliphatic rings. The predicted octanol–water partition coefficient (Wildman–Crippen LogP) is 2.10. The lowest BCUT2D eigenvalue weighted by Crippen LogP contribution is -2.26. The van der Waals surface area contributed by atoms with Crippen molar-refractivity contribution in [2.75, 3.05) is 18.9 Å². The molecule has 1 aliphatic heterocycles. The predicted molar refractivity (Wildman–Crippen MR) is 55.2 cm³/mol. The van der Waals surface area contributed by atoms with Crippen LogP contribution in [0.4, 0.5) is 14.5 Å². The summed E-state index contributed by atoms with van der Waals surface area (Å²) in [5, 5.41) is 0. The van der Waals surface area contributed by atoms with Crippen molar-refractivity contribution in [3.63, 3.8) is 0 Å². The van der Waals surface area contributed by atoms with Crippen LogP contribution in [0, 0.1) is 11.6 Å². The van der Waals surface area contributed by atoms with E-state index in [9.17, 15) is 8.78 Å². The highest BCUT2D eigenvalue weighted by molar-refractivity contribution is 5.53. The Kier molecular flexibility index (Phi) is 3.24. The number of nitrogen functional groups attached to an aromatic ring is 1. The minimum atomic E-state index is -1.02. The van der Waals surface area contributed by atoms with Crippen LogP contribution < -0.4 is 10.5 Å². The van der Waals surface area contributed by atoms with E-state index in [1.54, 1.807) is 0 Å². The van der Waals surface area contributed by atoms with E-state index >= 15 is 0 Å². The van der Waals surface area contributed by atoms with E-state index in [0.29, 0.717) is 26.1 Å². The molecular formula is C11H13F2NO2. The SMILES string of the molecule is Nc1ccc(F)c(F)c1OC1CCOCC1. The number of hydrogen-bond donors (Lipinski definition) is 1. The smallest absolute Gasteiger partial charge is 0.202 e. The maximum Gasteiger partial charge on any atom is 0.202 e. The highest BCUT2D eigenvalue weighted by Crippen LogP contribution is 2.29. The van der Waals surface area contributed by atoms with Gasteiger partial charge in [-0.25, -0.2) is 4.39 Å². The lowest BCUT2D eigenvalue weighted by atomic mass is 10.1. The molecule has 0 bridgehead atoms. The first-order valence-electron chi connectivity index (χ1n) is 5.16. The molecule has 0 aliphatic carbocycles. The average Bonchev–Trinajstić information content (AvgIpc) is 2.31. The number of hydrogen-bond acceptors (Lipinski definition) is 3. The molecule has 0 amide bonds. The van der Waals surface area contributed by atoms with E-state index < -0.39 is 11.6 Å². The van der Waals surface area contributed by atoms with Gasteiger partial charge in [-0.05, 0) is 12.1 Å². The minimum absolute atomic E-state index is 0.116. The Morgan fingerprint density at radius 1 is 1.25 bits per heavy atom. The van der Waals surface area contributed by atoms with E-state index in [1.807, 2.05) is 0 Å². The molecule has 3 nitrogen and oxygen atoms in total. The van der Waals surface area contributed by atoms with Crippen molar-refractivity contribution in [3.8, 4) is 5.75 Å². The highest BCUT2D eigenvalue weighted by atomic mass is 19.2. The molecule has 0 saturated carbocycles. The summed E-state index contributed by atoms with van der Waals surface area (Å²) in [5.41, 5.74) is 5.66. The molecular weight excluding hydrogens is 216 g/mol. The monoisotopic (exact) mass is 229 g/mol. The first-order valence-corrected chi connectivity index (χ1v) is 5.16. The van der Waals surface area contributed by atoms with E-state index in [2.05, 4.69) is 0 Å². The number of anilines is 1. The Morgan fingerprint density at radius 2 is 1.94 bits per heavy atom. The molecule has 2 N–H and O–H groups in total. The van der Waals surface area contributed by atoms with Crippen LogP contribution in [0.25, 0.3) is 0 Å². The lowest BCUT2D eigenvalue weighted by Gasteiger charge is -2.24. The summed E-state index contributed by atoms with van der Waals surface area (Å²) in [7, 11) is 0. The fourth-order valence-corrected chi connectivity index (χ4v) is 1.63. The van der Waals surface area contributed by atoms with E-state index in [4.69, 9.17) is 15.2 Å². The van der Waals surface area contributed by atoms with Gasteiger partial charge in [-0.15, -0.1) is 0 Å². The maximum absolute atomic E-state index is 13.4. The molecule has 2 rings (SSSR count). The number of nitrogens with two attached hydrogens (primary N) is 1. The van der Waals surface area contributed by atoms with E-state index in [1.165, 1.54) is 6.07 Å². The number of benzene rings is 1. The minimum Gasteiger partial charge on any atom is -0.485 e. The summed E-state index contributed by atoms with van der Waals surface area (Å²) >= 11 is 0. The molecule has 1 fully saturated rings. The van der Waals surface area contributed by atoms with Crippen LogP contribution in [-0.2, 0) is 4.74 Å². The molecule has 0 atom stereocenters. The zero-order chi connectivity index (χ0) is 11.5. The lowest BCUT2D eigenvalue weighted by molar-refractivity contribution is 0.0241. The summed E-state index contributed by atoms with van der Waals surface area (Å²) < 4.78 is 36.9. The van der Waals surface area contributed by atoms with Gasteiger partial charge in [-0.3, -0.25) is 0 Å². The maximum atomic E-state index is 13.4. The number of ether oxygens (including phenoxy) is 2. The molecule has 1 aromatic rings. The quantitative estimate of drug-likeness (QED) is 0.790. The van der Waals surface area contributed by atoms with Crippen molar-refractivity contribution in [1.82, 2.24) is 0 Å². The average molecular weight is 229 g/mol. The van der Waals surface area contributed by atoms with Gasteiger partial charge in [0.05, 0.1) is 18.9 Å². The summed E-state index contributed by atoms with van der Waals surface area (Å²) in [6.07, 6.45) is 1.16. The molecule has 88 valence electrons. The van der Waals surface area contributed by atoms with Crippen LogP contribution in [0.5, 0.6) is 5.75 Å². The van der Waals surface area contributed by atoms with Crippen LogP contribution in [0.1, 0.15) is 12.8 Å². The Hall–Kier alpha value is -1.36. The topological polar surface area (TPSA) is 44.5 Å². The standard InChI is InChI=1S/C11H13F2NO2/c12-8-1-2-9(14)11(10(8)13)16-7-3-5-15-6-4-7/h1-2,7H,3-6,14H2. The van der Waals surface area contributed by atoms with Crippen molar-refractivity contribution in [2.45, 2.75) is 18.9 Å². The van der Waals surface area contributed by atoms with E-state index in [0.717, 1.165) is 6.07 Å². The van der Waals surface area contributed by atoms with Crippen molar-refractivity contribution < 1.29 is 18.3 Å². The van der Waals surface area contributed by atoms with Crippen LogP contribution >= 0.6 is 0 Å². The second-order valence-electron chi connectivity index (χ2n) is 3.71. The van der Waals surface area contributed by atoms with Crippen molar-refractivity contribution in [1.29, 1.82) is 0 Å². The Morgan fingerprint density at radius 3 is 2.62 bits per heavy atom. The summed E-state index contributed by atoms with van der Waals surface area (Å²) in [6.45, 7) is 1.14. The second-order valence-corrected chi connectivity index (χ2v) is 3.71. The third kappa shape index (κ3) is 2.24. The normalized spacial score (nSPS) is 17.4. The molecule has 5 heteroatoms. The molecule has 1 aromatic carbocycles. The Balaban J connectivity index is 2.16. The van der Waals surface area contributed by atoms with Gasteiger partial charge >= 0.3 is 0 Å². The van der Waals surface area contributed by atoms with E-state index in [-0.39, 0.29) is 17.5 Å². The fourth-order valence-electron chi connectivity index (χ4n) is 1.63. The molecule has 0 aromatic heterocycles. The van der Waals surface area contributed by atoms with Gasteiger partial charge in [-0.1, -0.05) is 0 Å². The van der Waals surface area contributed by atoms with Crippen LogP contribution in [0.2, 0.25) is 0 Å². The van der Waals surface area contributed by atoms with Gasteiger partial charge in [0, 0.05) is 12.8 Å².